The highest BCUT2D eigenvalue weighted by Gasteiger charge is 2.26. The summed E-state index contributed by atoms with van der Waals surface area (Å²) in [7, 11) is 1.66. The largest absolute Gasteiger partial charge is 0.497 e. The minimum absolute atomic E-state index is 0.126. The summed E-state index contributed by atoms with van der Waals surface area (Å²) in [5.74, 6) is 0.483. The van der Waals surface area contributed by atoms with Gasteiger partial charge in [-0.15, -0.1) is 0 Å². The molecule has 0 bridgehead atoms. The Bertz CT molecular complexity index is 1650. The SMILES string of the molecule is COc1ccc(-c2cccc3c2CC[C@@H]3Cc2cc(OCc3cncc(C#N)c3)c(CNC(CO)C(=O)O)cc2Cl)cc1. The quantitative estimate of drug-likeness (QED) is 0.191. The number of halogens is 1. The van der Waals surface area contributed by atoms with E-state index in [0.29, 0.717) is 28.3 Å². The van der Waals surface area contributed by atoms with Gasteiger partial charge in [0.15, 0.2) is 0 Å². The van der Waals surface area contributed by atoms with Crippen molar-refractivity contribution < 1.29 is 24.5 Å². The first-order valence-electron chi connectivity index (χ1n) is 14.0. The molecule has 0 aliphatic heterocycles. The number of benzene rings is 3. The third-order valence-corrected chi connectivity index (χ3v) is 8.18. The van der Waals surface area contributed by atoms with E-state index in [9.17, 15) is 20.3 Å². The van der Waals surface area contributed by atoms with Crippen molar-refractivity contribution in [1.29, 1.82) is 5.26 Å². The number of hydrogen-bond acceptors (Lipinski definition) is 7. The minimum Gasteiger partial charge on any atom is -0.497 e. The number of nitrogens with zero attached hydrogens (tertiary/aromatic N) is 2. The van der Waals surface area contributed by atoms with Gasteiger partial charge in [-0.2, -0.15) is 5.26 Å². The zero-order valence-electron chi connectivity index (χ0n) is 23.7. The van der Waals surface area contributed by atoms with Gasteiger partial charge < -0.3 is 19.7 Å². The maximum Gasteiger partial charge on any atom is 0.323 e. The second-order valence-electron chi connectivity index (χ2n) is 10.5. The number of hydrogen-bond donors (Lipinski definition) is 3. The summed E-state index contributed by atoms with van der Waals surface area (Å²) in [6.45, 7) is -0.263. The van der Waals surface area contributed by atoms with E-state index in [1.165, 1.54) is 22.9 Å². The minimum atomic E-state index is -1.15. The van der Waals surface area contributed by atoms with E-state index in [-0.39, 0.29) is 19.1 Å². The van der Waals surface area contributed by atoms with Gasteiger partial charge in [0.2, 0.25) is 0 Å². The fourth-order valence-electron chi connectivity index (χ4n) is 5.58. The van der Waals surface area contributed by atoms with Gasteiger partial charge in [-0.1, -0.05) is 41.9 Å². The number of carbonyl (C=O) groups is 1. The van der Waals surface area contributed by atoms with Gasteiger partial charge in [-0.3, -0.25) is 15.1 Å². The number of nitriles is 1. The van der Waals surface area contributed by atoms with Gasteiger partial charge in [-0.05, 0) is 83.3 Å². The van der Waals surface area contributed by atoms with E-state index in [2.05, 4.69) is 46.7 Å². The molecule has 43 heavy (non-hydrogen) atoms. The molecule has 8 nitrogen and oxygen atoms in total. The van der Waals surface area contributed by atoms with Crippen molar-refractivity contribution in [1.82, 2.24) is 10.3 Å². The zero-order valence-corrected chi connectivity index (χ0v) is 24.5. The number of carboxylic acid groups (broad SMARTS) is 1. The van der Waals surface area contributed by atoms with Gasteiger partial charge in [-0.25, -0.2) is 0 Å². The fraction of sp³-hybridized carbons (Fsp3) is 0.265. The Morgan fingerprint density at radius 1 is 1.16 bits per heavy atom. The molecule has 2 atom stereocenters. The number of carboxylic acids is 1. The molecule has 0 fully saturated rings. The van der Waals surface area contributed by atoms with Gasteiger partial charge in [0.05, 0.1) is 19.3 Å². The Hall–Kier alpha value is -4.42. The van der Waals surface area contributed by atoms with Crippen molar-refractivity contribution in [3.8, 4) is 28.7 Å². The second-order valence-corrected chi connectivity index (χ2v) is 10.9. The molecule has 1 heterocycles. The molecule has 0 spiro atoms. The summed E-state index contributed by atoms with van der Waals surface area (Å²) in [4.78, 5) is 15.6. The number of aromatic nitrogens is 1. The maximum absolute atomic E-state index is 11.4. The summed E-state index contributed by atoms with van der Waals surface area (Å²) in [6.07, 6.45) is 5.78. The Labute approximate surface area is 255 Å². The van der Waals surface area contributed by atoms with E-state index in [4.69, 9.17) is 21.1 Å². The molecular formula is C34H32ClN3O5. The van der Waals surface area contributed by atoms with Crippen molar-refractivity contribution in [2.45, 2.75) is 44.4 Å². The van der Waals surface area contributed by atoms with E-state index < -0.39 is 18.6 Å². The van der Waals surface area contributed by atoms with Crippen LogP contribution in [0.2, 0.25) is 5.02 Å². The molecule has 5 rings (SSSR count). The highest BCUT2D eigenvalue weighted by atomic mass is 35.5. The van der Waals surface area contributed by atoms with Crippen LogP contribution in [-0.4, -0.2) is 40.9 Å². The van der Waals surface area contributed by atoms with Crippen molar-refractivity contribution in [3.05, 3.63) is 111 Å². The molecule has 3 N–H and O–H groups in total. The standard InChI is InChI=1S/C34H32ClN3O5/c1-42-27-8-5-23(6-9-27)28-3-2-4-29-24(7-10-30(28)29)12-25-14-33(43-20-22-11-21(15-36)16-37-17-22)26(13-31(25)35)18-38-32(19-39)34(40)41/h2-6,8-9,11,13-14,16-17,24,32,38-39H,7,10,12,18-20H2,1H3,(H,40,41)/t24-,32?/m1/s1. The van der Waals surface area contributed by atoms with Crippen molar-refractivity contribution in [3.63, 3.8) is 0 Å². The predicted molar refractivity (Wildman–Crippen MR) is 163 cm³/mol. The smallest absolute Gasteiger partial charge is 0.323 e. The van der Waals surface area contributed by atoms with Crippen LogP contribution < -0.4 is 14.8 Å². The lowest BCUT2D eigenvalue weighted by atomic mass is 9.90. The topological polar surface area (TPSA) is 125 Å². The summed E-state index contributed by atoms with van der Waals surface area (Å²) in [5.41, 5.74) is 7.78. The van der Waals surface area contributed by atoms with Gasteiger partial charge in [0.1, 0.15) is 30.2 Å². The number of pyridine rings is 1. The van der Waals surface area contributed by atoms with Crippen LogP contribution in [0.4, 0.5) is 0 Å². The molecule has 0 saturated heterocycles. The van der Waals surface area contributed by atoms with Crippen molar-refractivity contribution in [2.24, 2.45) is 0 Å². The average Bonchev–Trinajstić information content (AvgIpc) is 3.44. The summed E-state index contributed by atoms with van der Waals surface area (Å²) >= 11 is 6.82. The zero-order chi connectivity index (χ0) is 30.3. The number of aliphatic hydroxyl groups excluding tert-OH is 1. The third kappa shape index (κ3) is 6.98. The number of aliphatic hydroxyl groups is 1. The number of fused-ring (bicyclic) bond motifs is 1. The van der Waals surface area contributed by atoms with Crippen LogP contribution in [0.15, 0.2) is 73.1 Å². The van der Waals surface area contributed by atoms with E-state index in [0.717, 1.165) is 35.3 Å². The molecule has 0 saturated carbocycles. The highest BCUT2D eigenvalue weighted by molar-refractivity contribution is 6.31. The predicted octanol–water partition coefficient (Wildman–Crippen LogP) is 5.67. The van der Waals surface area contributed by atoms with Crippen molar-refractivity contribution in [2.75, 3.05) is 13.7 Å². The van der Waals surface area contributed by atoms with Crippen LogP contribution >= 0.6 is 11.6 Å². The Morgan fingerprint density at radius 3 is 2.70 bits per heavy atom. The normalized spacial score (nSPS) is 14.5. The number of rotatable bonds is 12. The van der Waals surface area contributed by atoms with Crippen molar-refractivity contribution >= 4 is 17.6 Å². The van der Waals surface area contributed by atoms with Crippen LogP contribution in [0.3, 0.4) is 0 Å². The summed E-state index contributed by atoms with van der Waals surface area (Å²) in [5, 5.41) is 31.5. The number of nitrogens with one attached hydrogen (secondary N) is 1. The Kier molecular flexibility index (Phi) is 9.58. The van der Waals surface area contributed by atoms with Crippen LogP contribution in [0, 0.1) is 11.3 Å². The third-order valence-electron chi connectivity index (χ3n) is 7.83. The van der Waals surface area contributed by atoms with Gasteiger partial charge in [0, 0.05) is 35.1 Å². The molecule has 0 amide bonds. The molecule has 1 unspecified atom stereocenters. The van der Waals surface area contributed by atoms with Gasteiger partial charge >= 0.3 is 5.97 Å². The average molecular weight is 598 g/mol. The van der Waals surface area contributed by atoms with E-state index in [1.54, 1.807) is 25.4 Å². The number of methoxy groups -OCH3 is 1. The van der Waals surface area contributed by atoms with Crippen LogP contribution in [0.25, 0.3) is 11.1 Å². The first-order valence-corrected chi connectivity index (χ1v) is 14.4. The lowest BCUT2D eigenvalue weighted by Crippen LogP contribution is -2.39. The molecular weight excluding hydrogens is 566 g/mol. The Balaban J connectivity index is 1.41. The van der Waals surface area contributed by atoms with Crippen LogP contribution in [0.5, 0.6) is 11.5 Å². The number of aliphatic carboxylic acids is 1. The summed E-state index contributed by atoms with van der Waals surface area (Å²) < 4.78 is 11.5. The van der Waals surface area contributed by atoms with Crippen LogP contribution in [-0.2, 0) is 30.8 Å². The first-order chi connectivity index (χ1) is 20.9. The second kappa shape index (κ2) is 13.7. The highest BCUT2D eigenvalue weighted by Crippen LogP contribution is 2.42. The fourth-order valence-corrected chi connectivity index (χ4v) is 5.84. The lowest BCUT2D eigenvalue weighted by molar-refractivity contribution is -0.140. The Morgan fingerprint density at radius 2 is 1.98 bits per heavy atom. The van der Waals surface area contributed by atoms with Crippen LogP contribution in [0.1, 0.15) is 45.7 Å². The maximum atomic E-state index is 11.4. The molecule has 1 aromatic heterocycles. The first kappa shape index (κ1) is 30.1. The molecule has 0 radical (unpaired) electrons. The van der Waals surface area contributed by atoms with Gasteiger partial charge in [0.25, 0.3) is 0 Å². The monoisotopic (exact) mass is 597 g/mol. The molecule has 4 aromatic rings. The van der Waals surface area contributed by atoms with E-state index >= 15 is 0 Å². The molecule has 1 aliphatic carbocycles. The summed E-state index contributed by atoms with van der Waals surface area (Å²) in [6, 6.07) is 21.0. The van der Waals surface area contributed by atoms with E-state index in [1.807, 2.05) is 18.2 Å². The number of ether oxygens (including phenoxy) is 2. The molecule has 1 aliphatic rings. The molecule has 3 aromatic carbocycles. The lowest BCUT2D eigenvalue weighted by Gasteiger charge is -2.19. The molecule has 220 valence electrons. The molecule has 9 heteroatoms.